The van der Waals surface area contributed by atoms with Crippen molar-refractivity contribution in [2.75, 3.05) is 6.61 Å². The Balaban J connectivity index is 1.95. The van der Waals surface area contributed by atoms with Crippen LogP contribution in [0.5, 0.6) is 0 Å². The molecule has 2 rings (SSSR count). The first-order valence-corrected chi connectivity index (χ1v) is 6.75. The third-order valence-corrected chi connectivity index (χ3v) is 3.92. The standard InChI is InChI=1S/C14H25N3O/c1-10-13(11(2)17(5)16-10)9-15-12-6-7-18-14(3,4)8-12/h12,15H,6-9H2,1-5H3. The summed E-state index contributed by atoms with van der Waals surface area (Å²) in [5.41, 5.74) is 3.73. The average Bonchev–Trinajstić information content (AvgIpc) is 2.50. The van der Waals surface area contributed by atoms with Gasteiger partial charge < -0.3 is 10.1 Å². The average molecular weight is 251 g/mol. The smallest absolute Gasteiger partial charge is 0.0641 e. The predicted octanol–water partition coefficient (Wildman–Crippen LogP) is 2.08. The van der Waals surface area contributed by atoms with Crippen LogP contribution in [0.2, 0.25) is 0 Å². The molecule has 102 valence electrons. The molecule has 0 spiro atoms. The van der Waals surface area contributed by atoms with Crippen molar-refractivity contribution in [3.05, 3.63) is 17.0 Å². The second-order valence-corrected chi connectivity index (χ2v) is 5.95. The van der Waals surface area contributed by atoms with Crippen molar-refractivity contribution in [1.29, 1.82) is 0 Å². The van der Waals surface area contributed by atoms with Gasteiger partial charge in [0, 0.05) is 37.5 Å². The van der Waals surface area contributed by atoms with Gasteiger partial charge in [-0.2, -0.15) is 5.10 Å². The molecule has 0 radical (unpaired) electrons. The van der Waals surface area contributed by atoms with Crippen LogP contribution in [0, 0.1) is 13.8 Å². The van der Waals surface area contributed by atoms with Crippen LogP contribution in [0.3, 0.4) is 0 Å². The fourth-order valence-electron chi connectivity index (χ4n) is 2.73. The van der Waals surface area contributed by atoms with E-state index in [0.29, 0.717) is 6.04 Å². The molecule has 0 amide bonds. The van der Waals surface area contributed by atoms with Gasteiger partial charge in [0.2, 0.25) is 0 Å². The first-order chi connectivity index (χ1) is 8.39. The minimum atomic E-state index is 0.00887. The summed E-state index contributed by atoms with van der Waals surface area (Å²) in [5.74, 6) is 0. The highest BCUT2D eigenvalue weighted by molar-refractivity contribution is 5.24. The number of hydrogen-bond donors (Lipinski definition) is 1. The molecule has 1 N–H and O–H groups in total. The molecule has 0 saturated carbocycles. The topological polar surface area (TPSA) is 39.1 Å². The van der Waals surface area contributed by atoms with Gasteiger partial charge in [-0.15, -0.1) is 0 Å². The molecule has 0 aliphatic carbocycles. The Bertz CT molecular complexity index is 423. The molecule has 0 aromatic carbocycles. The number of ether oxygens (including phenoxy) is 1. The van der Waals surface area contributed by atoms with Gasteiger partial charge in [0.25, 0.3) is 0 Å². The van der Waals surface area contributed by atoms with E-state index >= 15 is 0 Å². The monoisotopic (exact) mass is 251 g/mol. The van der Waals surface area contributed by atoms with E-state index in [1.54, 1.807) is 0 Å². The summed E-state index contributed by atoms with van der Waals surface area (Å²) < 4.78 is 7.70. The van der Waals surface area contributed by atoms with Crippen molar-refractivity contribution in [2.45, 2.75) is 58.7 Å². The minimum absolute atomic E-state index is 0.00887. The molecule has 1 fully saturated rings. The van der Waals surface area contributed by atoms with Crippen LogP contribution < -0.4 is 5.32 Å². The first-order valence-electron chi connectivity index (χ1n) is 6.75. The van der Waals surface area contributed by atoms with Crippen molar-refractivity contribution in [1.82, 2.24) is 15.1 Å². The summed E-state index contributed by atoms with van der Waals surface area (Å²) in [5, 5.41) is 8.11. The van der Waals surface area contributed by atoms with E-state index in [-0.39, 0.29) is 5.60 Å². The Kier molecular flexibility index (Phi) is 3.78. The van der Waals surface area contributed by atoms with E-state index < -0.39 is 0 Å². The molecule has 1 aliphatic heterocycles. The Hall–Kier alpha value is -0.870. The minimum Gasteiger partial charge on any atom is -0.375 e. The van der Waals surface area contributed by atoms with Crippen LogP contribution in [-0.4, -0.2) is 28.0 Å². The summed E-state index contributed by atoms with van der Waals surface area (Å²) in [6, 6.07) is 0.549. The lowest BCUT2D eigenvalue weighted by Gasteiger charge is -2.36. The van der Waals surface area contributed by atoms with Gasteiger partial charge in [-0.3, -0.25) is 4.68 Å². The van der Waals surface area contributed by atoms with E-state index in [0.717, 1.165) is 31.7 Å². The van der Waals surface area contributed by atoms with Crippen LogP contribution in [0.1, 0.15) is 43.6 Å². The number of aryl methyl sites for hydroxylation is 2. The maximum absolute atomic E-state index is 5.74. The molecular weight excluding hydrogens is 226 g/mol. The van der Waals surface area contributed by atoms with Crippen molar-refractivity contribution < 1.29 is 4.74 Å². The normalized spacial score (nSPS) is 23.3. The highest BCUT2D eigenvalue weighted by Gasteiger charge is 2.28. The number of hydrogen-bond acceptors (Lipinski definition) is 3. The van der Waals surface area contributed by atoms with Gasteiger partial charge in [-0.1, -0.05) is 0 Å². The van der Waals surface area contributed by atoms with E-state index in [4.69, 9.17) is 4.74 Å². The van der Waals surface area contributed by atoms with Crippen LogP contribution in [0.15, 0.2) is 0 Å². The third-order valence-electron chi connectivity index (χ3n) is 3.92. The zero-order valence-corrected chi connectivity index (χ0v) is 12.2. The number of nitrogens with zero attached hydrogens (tertiary/aromatic N) is 2. The predicted molar refractivity (Wildman–Crippen MR) is 72.6 cm³/mol. The summed E-state index contributed by atoms with van der Waals surface area (Å²) in [7, 11) is 2.00. The fourth-order valence-corrected chi connectivity index (χ4v) is 2.73. The SMILES string of the molecule is Cc1nn(C)c(C)c1CNC1CCOC(C)(C)C1. The molecule has 1 unspecified atom stereocenters. The molecule has 1 aliphatic rings. The summed E-state index contributed by atoms with van der Waals surface area (Å²) >= 11 is 0. The van der Waals surface area contributed by atoms with Gasteiger partial charge in [-0.05, 0) is 40.5 Å². The Morgan fingerprint density at radius 2 is 2.17 bits per heavy atom. The van der Waals surface area contributed by atoms with Crippen molar-refractivity contribution in [3.63, 3.8) is 0 Å². The van der Waals surface area contributed by atoms with Gasteiger partial charge in [0.15, 0.2) is 0 Å². The molecule has 1 saturated heterocycles. The van der Waals surface area contributed by atoms with E-state index in [9.17, 15) is 0 Å². The summed E-state index contributed by atoms with van der Waals surface area (Å²) in [6.07, 6.45) is 2.17. The third kappa shape index (κ3) is 2.93. The molecular formula is C14H25N3O. The van der Waals surface area contributed by atoms with Gasteiger partial charge in [-0.25, -0.2) is 0 Å². The second-order valence-electron chi connectivity index (χ2n) is 5.95. The van der Waals surface area contributed by atoms with E-state index in [1.165, 1.54) is 11.3 Å². The highest BCUT2D eigenvalue weighted by Crippen LogP contribution is 2.24. The van der Waals surface area contributed by atoms with Crippen LogP contribution in [0.25, 0.3) is 0 Å². The molecule has 1 atom stereocenters. The Morgan fingerprint density at radius 3 is 2.72 bits per heavy atom. The molecule has 2 heterocycles. The molecule has 18 heavy (non-hydrogen) atoms. The lowest BCUT2D eigenvalue weighted by Crippen LogP contribution is -2.43. The quantitative estimate of drug-likeness (QED) is 0.894. The maximum atomic E-state index is 5.74. The molecule has 1 aromatic heterocycles. The molecule has 4 heteroatoms. The molecule has 0 bridgehead atoms. The van der Waals surface area contributed by atoms with Crippen LogP contribution in [0.4, 0.5) is 0 Å². The van der Waals surface area contributed by atoms with Crippen LogP contribution in [-0.2, 0) is 18.3 Å². The molecule has 4 nitrogen and oxygen atoms in total. The van der Waals surface area contributed by atoms with E-state index in [1.807, 2.05) is 11.7 Å². The number of rotatable bonds is 3. The number of nitrogens with one attached hydrogen (secondary N) is 1. The van der Waals surface area contributed by atoms with Crippen molar-refractivity contribution >= 4 is 0 Å². The largest absolute Gasteiger partial charge is 0.375 e. The Morgan fingerprint density at radius 1 is 1.44 bits per heavy atom. The van der Waals surface area contributed by atoms with Crippen molar-refractivity contribution in [2.24, 2.45) is 7.05 Å². The van der Waals surface area contributed by atoms with Crippen LogP contribution >= 0.6 is 0 Å². The first kappa shape index (κ1) is 13.6. The zero-order chi connectivity index (χ0) is 13.3. The number of aromatic nitrogens is 2. The Labute approximate surface area is 110 Å². The lowest BCUT2D eigenvalue weighted by atomic mass is 9.94. The zero-order valence-electron chi connectivity index (χ0n) is 12.2. The van der Waals surface area contributed by atoms with Gasteiger partial charge in [0.05, 0.1) is 11.3 Å². The fraction of sp³-hybridized carbons (Fsp3) is 0.786. The highest BCUT2D eigenvalue weighted by atomic mass is 16.5. The second kappa shape index (κ2) is 5.02. The lowest BCUT2D eigenvalue weighted by molar-refractivity contribution is -0.0630. The molecule has 1 aromatic rings. The van der Waals surface area contributed by atoms with Gasteiger partial charge in [0.1, 0.15) is 0 Å². The maximum Gasteiger partial charge on any atom is 0.0641 e. The van der Waals surface area contributed by atoms with Gasteiger partial charge >= 0.3 is 0 Å². The van der Waals surface area contributed by atoms with Crippen molar-refractivity contribution in [3.8, 4) is 0 Å². The summed E-state index contributed by atoms with van der Waals surface area (Å²) in [6.45, 7) is 10.3. The van der Waals surface area contributed by atoms with E-state index in [2.05, 4.69) is 38.1 Å². The summed E-state index contributed by atoms with van der Waals surface area (Å²) in [4.78, 5) is 0.